The third kappa shape index (κ3) is 4.28. The second-order valence-electron chi connectivity index (χ2n) is 5.09. The molecule has 0 amide bonds. The Hall–Kier alpha value is -1.93. The van der Waals surface area contributed by atoms with Crippen LogP contribution in [0.3, 0.4) is 0 Å². The lowest BCUT2D eigenvalue weighted by Crippen LogP contribution is -2.32. The van der Waals surface area contributed by atoms with E-state index in [1.807, 2.05) is 0 Å². The highest BCUT2D eigenvalue weighted by atomic mass is 32.2. The zero-order chi connectivity index (χ0) is 17.1. The van der Waals surface area contributed by atoms with Gasteiger partial charge >= 0.3 is 11.9 Å². The molecule has 0 heterocycles. The predicted molar refractivity (Wildman–Crippen MR) is 79.2 cm³/mol. The smallest absolute Gasteiger partial charge is 0.338 e. The van der Waals surface area contributed by atoms with Gasteiger partial charge in [-0.25, -0.2) is 13.2 Å². The van der Waals surface area contributed by atoms with Crippen LogP contribution < -0.4 is 0 Å². The summed E-state index contributed by atoms with van der Waals surface area (Å²) in [6, 6.07) is 4.02. The van der Waals surface area contributed by atoms with Crippen molar-refractivity contribution < 1.29 is 27.9 Å². The van der Waals surface area contributed by atoms with Gasteiger partial charge in [-0.2, -0.15) is 4.31 Å². The van der Waals surface area contributed by atoms with E-state index in [9.17, 15) is 18.0 Å². The molecule has 0 aliphatic heterocycles. The number of hydrogen-bond acceptors (Lipinski definition) is 5. The topological polar surface area (TPSA) is 101 Å². The highest BCUT2D eigenvalue weighted by Gasteiger charge is 2.25. The van der Waals surface area contributed by atoms with Crippen molar-refractivity contribution in [1.82, 2.24) is 4.31 Å². The van der Waals surface area contributed by atoms with Crippen LogP contribution in [0.4, 0.5) is 0 Å². The minimum Gasteiger partial charge on any atom is -0.480 e. The summed E-state index contributed by atoms with van der Waals surface area (Å²) in [5, 5.41) is 8.70. The summed E-state index contributed by atoms with van der Waals surface area (Å²) in [5.74, 6) is -1.89. The number of sulfonamides is 1. The first kappa shape index (κ1) is 18.1. The van der Waals surface area contributed by atoms with Crippen molar-refractivity contribution in [3.8, 4) is 0 Å². The zero-order valence-electron chi connectivity index (χ0n) is 12.9. The Kier molecular flexibility index (Phi) is 5.67. The SMILES string of the molecule is Cc1ccc(S(=O)(=O)N(C)CC(=O)O)cc1C(=O)OC(C)C. The van der Waals surface area contributed by atoms with Gasteiger partial charge in [-0.15, -0.1) is 0 Å². The van der Waals surface area contributed by atoms with Crippen LogP contribution in [0.5, 0.6) is 0 Å². The highest BCUT2D eigenvalue weighted by Crippen LogP contribution is 2.20. The van der Waals surface area contributed by atoms with Gasteiger partial charge in [0, 0.05) is 7.05 Å². The molecule has 0 atom stereocenters. The largest absolute Gasteiger partial charge is 0.480 e. The fraction of sp³-hybridized carbons (Fsp3) is 0.429. The maximum absolute atomic E-state index is 12.3. The Balaban J connectivity index is 3.22. The third-order valence-electron chi connectivity index (χ3n) is 2.84. The first-order valence-corrected chi connectivity index (χ1v) is 7.99. The number of ether oxygens (including phenoxy) is 1. The van der Waals surface area contributed by atoms with Crippen LogP contribution in [0, 0.1) is 6.92 Å². The van der Waals surface area contributed by atoms with Crippen LogP contribution in [-0.2, 0) is 19.6 Å². The van der Waals surface area contributed by atoms with Gasteiger partial charge in [-0.3, -0.25) is 4.79 Å². The number of likely N-dealkylation sites (N-methyl/N-ethyl adjacent to an activating group) is 1. The van der Waals surface area contributed by atoms with Crippen LogP contribution in [0.2, 0.25) is 0 Å². The number of hydrogen-bond donors (Lipinski definition) is 1. The molecule has 122 valence electrons. The van der Waals surface area contributed by atoms with Gasteiger partial charge < -0.3 is 9.84 Å². The molecule has 0 aliphatic rings. The average molecular weight is 329 g/mol. The first-order chi connectivity index (χ1) is 10.1. The van der Waals surface area contributed by atoms with E-state index in [-0.39, 0.29) is 16.6 Å². The van der Waals surface area contributed by atoms with Gasteiger partial charge in [0.15, 0.2) is 0 Å². The number of carboxylic acids is 1. The molecule has 0 fully saturated rings. The number of carbonyl (C=O) groups is 2. The number of esters is 1. The van der Waals surface area contributed by atoms with Crippen molar-refractivity contribution in [3.63, 3.8) is 0 Å². The molecular formula is C14H19NO6S. The molecule has 1 aromatic rings. The van der Waals surface area contributed by atoms with Crippen LogP contribution >= 0.6 is 0 Å². The van der Waals surface area contributed by atoms with Crippen molar-refractivity contribution in [1.29, 1.82) is 0 Å². The van der Waals surface area contributed by atoms with E-state index < -0.39 is 28.5 Å². The molecule has 22 heavy (non-hydrogen) atoms. The molecule has 7 nitrogen and oxygen atoms in total. The van der Waals surface area contributed by atoms with E-state index in [0.29, 0.717) is 9.87 Å². The van der Waals surface area contributed by atoms with Crippen molar-refractivity contribution in [2.75, 3.05) is 13.6 Å². The monoisotopic (exact) mass is 329 g/mol. The minimum atomic E-state index is -3.99. The molecule has 1 rings (SSSR count). The van der Waals surface area contributed by atoms with E-state index in [4.69, 9.17) is 9.84 Å². The maximum atomic E-state index is 12.3. The number of nitrogens with zero attached hydrogens (tertiary/aromatic N) is 1. The molecule has 0 unspecified atom stereocenters. The average Bonchev–Trinajstić information content (AvgIpc) is 2.37. The van der Waals surface area contributed by atoms with Crippen molar-refractivity contribution >= 4 is 22.0 Å². The molecule has 0 saturated heterocycles. The number of carbonyl (C=O) groups excluding carboxylic acids is 1. The van der Waals surface area contributed by atoms with E-state index in [1.54, 1.807) is 20.8 Å². The van der Waals surface area contributed by atoms with Crippen molar-refractivity contribution in [2.24, 2.45) is 0 Å². The summed E-state index contributed by atoms with van der Waals surface area (Å²) in [6.07, 6.45) is -0.332. The summed E-state index contributed by atoms with van der Waals surface area (Å²) < 4.78 is 30.3. The van der Waals surface area contributed by atoms with Crippen LogP contribution in [0.15, 0.2) is 23.1 Å². The lowest BCUT2D eigenvalue weighted by Gasteiger charge is -2.16. The van der Waals surface area contributed by atoms with Crippen LogP contribution in [0.1, 0.15) is 29.8 Å². The molecule has 0 radical (unpaired) electrons. The van der Waals surface area contributed by atoms with Gasteiger partial charge in [-0.05, 0) is 38.5 Å². The van der Waals surface area contributed by atoms with E-state index >= 15 is 0 Å². The zero-order valence-corrected chi connectivity index (χ0v) is 13.7. The predicted octanol–water partition coefficient (Wildman–Crippen LogP) is 1.27. The summed E-state index contributed by atoms with van der Waals surface area (Å²) in [4.78, 5) is 22.5. The normalized spacial score (nSPS) is 11.7. The maximum Gasteiger partial charge on any atom is 0.338 e. The summed E-state index contributed by atoms with van der Waals surface area (Å²) in [7, 11) is -2.83. The summed E-state index contributed by atoms with van der Waals surface area (Å²) >= 11 is 0. The quantitative estimate of drug-likeness (QED) is 0.789. The van der Waals surface area contributed by atoms with Crippen molar-refractivity contribution in [2.45, 2.75) is 31.8 Å². The molecular weight excluding hydrogens is 310 g/mol. The minimum absolute atomic E-state index is 0.137. The molecule has 0 aromatic heterocycles. The third-order valence-corrected chi connectivity index (χ3v) is 4.64. The van der Waals surface area contributed by atoms with Crippen LogP contribution in [-0.4, -0.2) is 49.5 Å². The van der Waals surface area contributed by atoms with E-state index in [0.717, 1.165) is 7.05 Å². The lowest BCUT2D eigenvalue weighted by molar-refractivity contribution is -0.137. The number of carboxylic acid groups (broad SMARTS) is 1. The fourth-order valence-electron chi connectivity index (χ4n) is 1.71. The van der Waals surface area contributed by atoms with E-state index in [1.165, 1.54) is 18.2 Å². The first-order valence-electron chi connectivity index (χ1n) is 6.55. The Bertz CT molecular complexity index is 681. The van der Waals surface area contributed by atoms with Gasteiger partial charge in [0.1, 0.15) is 6.54 Å². The Morgan fingerprint density at radius 1 is 1.32 bits per heavy atom. The molecule has 0 aliphatic carbocycles. The molecule has 0 bridgehead atoms. The second-order valence-corrected chi connectivity index (χ2v) is 7.13. The number of aliphatic carboxylic acids is 1. The van der Waals surface area contributed by atoms with Gasteiger partial charge in [0.25, 0.3) is 0 Å². The lowest BCUT2D eigenvalue weighted by atomic mass is 10.1. The summed E-state index contributed by atoms with van der Waals surface area (Å²) in [6.45, 7) is 4.37. The number of aryl methyl sites for hydroxylation is 1. The van der Waals surface area contributed by atoms with E-state index in [2.05, 4.69) is 0 Å². The molecule has 1 aromatic carbocycles. The molecule has 0 spiro atoms. The van der Waals surface area contributed by atoms with Gasteiger partial charge in [0.05, 0.1) is 16.6 Å². The molecule has 0 saturated carbocycles. The van der Waals surface area contributed by atoms with Crippen LogP contribution in [0.25, 0.3) is 0 Å². The molecule has 8 heteroatoms. The highest BCUT2D eigenvalue weighted by molar-refractivity contribution is 7.89. The van der Waals surface area contributed by atoms with Gasteiger partial charge in [0.2, 0.25) is 10.0 Å². The Morgan fingerprint density at radius 2 is 1.91 bits per heavy atom. The van der Waals surface area contributed by atoms with Crippen molar-refractivity contribution in [3.05, 3.63) is 29.3 Å². The standard InChI is InChI=1S/C14H19NO6S/c1-9(2)21-14(18)12-7-11(6-5-10(12)3)22(19,20)15(4)8-13(16)17/h5-7,9H,8H2,1-4H3,(H,16,17). The Morgan fingerprint density at radius 3 is 2.41 bits per heavy atom. The second kappa shape index (κ2) is 6.89. The fourth-order valence-corrected chi connectivity index (χ4v) is 2.86. The number of benzene rings is 1. The Labute approximate surface area is 129 Å². The van der Waals surface area contributed by atoms with Gasteiger partial charge in [-0.1, -0.05) is 6.07 Å². The molecule has 1 N–H and O–H groups in total. The summed E-state index contributed by atoms with van der Waals surface area (Å²) in [5.41, 5.74) is 0.712. The number of rotatable bonds is 6.